The molecule has 5 nitrogen and oxygen atoms in total. The van der Waals surface area contributed by atoms with Crippen molar-refractivity contribution in [3.8, 4) is 0 Å². The van der Waals surface area contributed by atoms with Gasteiger partial charge in [-0.1, -0.05) is 18.6 Å². The van der Waals surface area contributed by atoms with Crippen LogP contribution in [-0.2, 0) is 17.9 Å². The lowest BCUT2D eigenvalue weighted by molar-refractivity contribution is -0.122. The average Bonchev–Trinajstić information content (AvgIpc) is 3.29. The van der Waals surface area contributed by atoms with Crippen LogP contribution in [0.4, 0.5) is 0 Å². The third-order valence-electron chi connectivity index (χ3n) is 6.00. The fraction of sp³-hybridized carbons (Fsp3) is 0.579. The Morgan fingerprint density at radius 2 is 2.21 bits per heavy atom. The summed E-state index contributed by atoms with van der Waals surface area (Å²) < 4.78 is 1.82. The zero-order chi connectivity index (χ0) is 16.7. The van der Waals surface area contributed by atoms with Crippen LogP contribution in [0.1, 0.15) is 38.4 Å². The Kier molecular flexibility index (Phi) is 4.04. The number of amides is 1. The molecule has 2 aromatic rings. The molecule has 5 heteroatoms. The molecule has 24 heavy (non-hydrogen) atoms. The van der Waals surface area contributed by atoms with Crippen LogP contribution in [0, 0.1) is 17.8 Å². The van der Waals surface area contributed by atoms with Crippen LogP contribution < -0.4 is 5.32 Å². The van der Waals surface area contributed by atoms with E-state index in [1.54, 1.807) is 0 Å². The van der Waals surface area contributed by atoms with E-state index in [0.717, 1.165) is 22.9 Å². The molecule has 0 spiro atoms. The van der Waals surface area contributed by atoms with Crippen LogP contribution in [0.3, 0.4) is 0 Å². The van der Waals surface area contributed by atoms with Crippen molar-refractivity contribution in [2.75, 3.05) is 0 Å². The highest BCUT2D eigenvalue weighted by atomic mass is 16.3. The van der Waals surface area contributed by atoms with Crippen molar-refractivity contribution in [2.45, 2.75) is 51.8 Å². The van der Waals surface area contributed by atoms with E-state index in [9.17, 15) is 9.90 Å². The Bertz CT molecular complexity index is 754. The number of fused-ring (bicyclic) bond motifs is 3. The Morgan fingerprint density at radius 1 is 1.38 bits per heavy atom. The molecule has 0 radical (unpaired) electrons. The van der Waals surface area contributed by atoms with E-state index in [2.05, 4.69) is 17.2 Å². The third-order valence-corrected chi connectivity index (χ3v) is 6.00. The molecule has 128 valence electrons. The molecule has 2 N–H and O–H groups in total. The van der Waals surface area contributed by atoms with Crippen molar-refractivity contribution in [3.05, 3.63) is 30.1 Å². The maximum Gasteiger partial charge on any atom is 0.240 e. The van der Waals surface area contributed by atoms with Crippen LogP contribution in [-0.4, -0.2) is 26.6 Å². The number of aliphatic hydroxyl groups excluding tert-OH is 1. The second-order valence-electron chi connectivity index (χ2n) is 7.46. The van der Waals surface area contributed by atoms with Gasteiger partial charge in [0.2, 0.25) is 5.91 Å². The Labute approximate surface area is 142 Å². The second kappa shape index (κ2) is 6.20. The summed E-state index contributed by atoms with van der Waals surface area (Å²) >= 11 is 0. The SMILES string of the molecule is C[C@H](NC(=O)Cn1c(CO)nc2ccccc21)[C@@H]1C[C@H]2CC[C@H]1C2. The molecule has 2 aliphatic rings. The quantitative estimate of drug-likeness (QED) is 0.886. The third kappa shape index (κ3) is 2.71. The molecule has 1 amide bonds. The molecule has 1 aromatic carbocycles. The molecule has 0 aliphatic heterocycles. The highest BCUT2D eigenvalue weighted by molar-refractivity contribution is 5.81. The molecule has 4 atom stereocenters. The smallest absolute Gasteiger partial charge is 0.240 e. The first-order valence-corrected chi connectivity index (χ1v) is 9.00. The molecule has 2 fully saturated rings. The number of aromatic nitrogens is 2. The van der Waals surface area contributed by atoms with Gasteiger partial charge in [-0.05, 0) is 56.1 Å². The number of rotatable bonds is 5. The summed E-state index contributed by atoms with van der Waals surface area (Å²) in [5, 5.41) is 12.7. The zero-order valence-corrected chi connectivity index (χ0v) is 14.1. The van der Waals surface area contributed by atoms with Crippen molar-refractivity contribution in [1.29, 1.82) is 0 Å². The predicted molar refractivity (Wildman–Crippen MR) is 92.2 cm³/mol. The van der Waals surface area contributed by atoms with Gasteiger partial charge in [0.1, 0.15) is 19.0 Å². The number of benzene rings is 1. The van der Waals surface area contributed by atoms with Crippen molar-refractivity contribution in [3.63, 3.8) is 0 Å². The first-order chi connectivity index (χ1) is 11.7. The minimum absolute atomic E-state index is 0.00289. The monoisotopic (exact) mass is 327 g/mol. The fourth-order valence-electron chi connectivity index (χ4n) is 4.88. The van der Waals surface area contributed by atoms with E-state index >= 15 is 0 Å². The van der Waals surface area contributed by atoms with E-state index in [1.165, 1.54) is 25.7 Å². The lowest BCUT2D eigenvalue weighted by Gasteiger charge is -2.28. The summed E-state index contributed by atoms with van der Waals surface area (Å²) in [6.45, 7) is 2.19. The van der Waals surface area contributed by atoms with Gasteiger partial charge in [-0.2, -0.15) is 0 Å². The Morgan fingerprint density at radius 3 is 2.92 bits per heavy atom. The molecule has 2 saturated carbocycles. The van der Waals surface area contributed by atoms with E-state index in [1.807, 2.05) is 28.8 Å². The minimum Gasteiger partial charge on any atom is -0.388 e. The van der Waals surface area contributed by atoms with E-state index in [4.69, 9.17) is 0 Å². The number of para-hydroxylation sites is 2. The number of nitrogens with zero attached hydrogens (tertiary/aromatic N) is 2. The van der Waals surface area contributed by atoms with Crippen LogP contribution in [0.2, 0.25) is 0 Å². The minimum atomic E-state index is -0.163. The number of aliphatic hydroxyl groups is 1. The highest BCUT2D eigenvalue weighted by Gasteiger charge is 2.42. The number of imidazole rings is 1. The molecular formula is C19H25N3O2. The van der Waals surface area contributed by atoms with E-state index in [-0.39, 0.29) is 25.1 Å². The van der Waals surface area contributed by atoms with Gasteiger partial charge in [0.25, 0.3) is 0 Å². The summed E-state index contributed by atoms with van der Waals surface area (Å²) in [5.74, 6) is 2.86. The van der Waals surface area contributed by atoms with Crippen molar-refractivity contribution < 1.29 is 9.90 Å². The molecule has 2 aliphatic carbocycles. The standard InChI is InChI=1S/C19H25N3O2/c1-12(15-9-13-6-7-14(15)8-13)20-19(24)10-22-17-5-3-2-4-16(17)21-18(22)11-23/h2-5,12-15,23H,6-11H2,1H3,(H,20,24)/t12-,13-,14-,15-/m0/s1. The first kappa shape index (κ1) is 15.6. The van der Waals surface area contributed by atoms with Gasteiger partial charge < -0.3 is 15.0 Å². The Balaban J connectivity index is 1.46. The van der Waals surface area contributed by atoms with Gasteiger partial charge in [0.15, 0.2) is 0 Å². The van der Waals surface area contributed by atoms with Crippen LogP contribution in [0.25, 0.3) is 11.0 Å². The number of carbonyl (C=O) groups is 1. The Hall–Kier alpha value is -1.88. The first-order valence-electron chi connectivity index (χ1n) is 9.00. The summed E-state index contributed by atoms with van der Waals surface area (Å²) in [5.41, 5.74) is 1.71. The van der Waals surface area contributed by atoms with Gasteiger partial charge in [-0.15, -0.1) is 0 Å². The summed E-state index contributed by atoms with van der Waals surface area (Å²) in [6.07, 6.45) is 5.33. The van der Waals surface area contributed by atoms with Crippen molar-refractivity contribution in [2.24, 2.45) is 17.8 Å². The summed E-state index contributed by atoms with van der Waals surface area (Å²) in [6, 6.07) is 7.91. The van der Waals surface area contributed by atoms with E-state index in [0.29, 0.717) is 11.7 Å². The van der Waals surface area contributed by atoms with Gasteiger partial charge >= 0.3 is 0 Å². The lowest BCUT2D eigenvalue weighted by Crippen LogP contribution is -2.41. The second-order valence-corrected chi connectivity index (χ2v) is 7.46. The van der Waals surface area contributed by atoms with Gasteiger partial charge in [-0.3, -0.25) is 4.79 Å². The summed E-state index contributed by atoms with van der Waals surface area (Å²) in [7, 11) is 0. The molecule has 0 unspecified atom stereocenters. The number of carbonyl (C=O) groups excluding carboxylic acids is 1. The zero-order valence-electron chi connectivity index (χ0n) is 14.1. The molecule has 0 saturated heterocycles. The van der Waals surface area contributed by atoms with Gasteiger partial charge in [0, 0.05) is 6.04 Å². The van der Waals surface area contributed by atoms with Gasteiger partial charge in [-0.25, -0.2) is 4.98 Å². The molecule has 1 heterocycles. The predicted octanol–water partition coefficient (Wildman–Crippen LogP) is 2.47. The summed E-state index contributed by atoms with van der Waals surface area (Å²) in [4.78, 5) is 17.0. The largest absolute Gasteiger partial charge is 0.388 e. The normalized spacial score (nSPS) is 26.8. The number of nitrogens with one attached hydrogen (secondary N) is 1. The van der Waals surface area contributed by atoms with Crippen molar-refractivity contribution in [1.82, 2.24) is 14.9 Å². The maximum absolute atomic E-state index is 12.6. The van der Waals surface area contributed by atoms with Crippen LogP contribution >= 0.6 is 0 Å². The molecule has 4 rings (SSSR count). The van der Waals surface area contributed by atoms with Crippen LogP contribution in [0.15, 0.2) is 24.3 Å². The maximum atomic E-state index is 12.6. The van der Waals surface area contributed by atoms with Gasteiger partial charge in [0.05, 0.1) is 11.0 Å². The van der Waals surface area contributed by atoms with E-state index < -0.39 is 0 Å². The molecular weight excluding hydrogens is 302 g/mol. The fourth-order valence-corrected chi connectivity index (χ4v) is 4.88. The highest BCUT2D eigenvalue weighted by Crippen LogP contribution is 2.49. The average molecular weight is 327 g/mol. The number of hydrogen-bond acceptors (Lipinski definition) is 3. The topological polar surface area (TPSA) is 67.2 Å². The number of hydrogen-bond donors (Lipinski definition) is 2. The lowest BCUT2D eigenvalue weighted by atomic mass is 9.84. The van der Waals surface area contributed by atoms with Crippen molar-refractivity contribution >= 4 is 16.9 Å². The molecule has 1 aromatic heterocycles. The van der Waals surface area contributed by atoms with Crippen LogP contribution in [0.5, 0.6) is 0 Å². The molecule has 2 bridgehead atoms.